The van der Waals surface area contributed by atoms with Crippen molar-refractivity contribution in [3.8, 4) is 0 Å². The van der Waals surface area contributed by atoms with Crippen molar-refractivity contribution in [1.82, 2.24) is 0 Å². The third-order valence-corrected chi connectivity index (χ3v) is 8.28. The standard InChI is InChI=1S/C22H29F3O2/c1-13(26)27-15-8-10-20(2)14(12-15)4-5-16-17-6-7-19(22(23,24)25)21(17,3)11-9-18(16)20/h4,7,15-18H,5-6,8-12H2,1-3H3/t15?,16-,17-,18-,20-,21-/m0/s1. The highest BCUT2D eigenvalue weighted by Crippen LogP contribution is 2.66. The van der Waals surface area contributed by atoms with E-state index in [1.807, 2.05) is 6.92 Å². The highest BCUT2D eigenvalue weighted by Gasteiger charge is 2.60. The molecule has 0 bridgehead atoms. The normalized spacial score (nSPS) is 43.8. The van der Waals surface area contributed by atoms with E-state index in [2.05, 4.69) is 13.0 Å². The molecule has 4 aliphatic carbocycles. The van der Waals surface area contributed by atoms with Crippen LogP contribution in [-0.4, -0.2) is 18.2 Å². The number of allylic oxidation sites excluding steroid dienone is 3. The van der Waals surface area contributed by atoms with Crippen LogP contribution in [0.2, 0.25) is 0 Å². The molecular weight excluding hydrogens is 353 g/mol. The van der Waals surface area contributed by atoms with Crippen molar-refractivity contribution in [1.29, 1.82) is 0 Å². The third kappa shape index (κ3) is 2.87. The molecule has 0 aromatic carbocycles. The van der Waals surface area contributed by atoms with Crippen LogP contribution in [0.3, 0.4) is 0 Å². The van der Waals surface area contributed by atoms with Gasteiger partial charge in [-0.3, -0.25) is 4.79 Å². The molecule has 5 heteroatoms. The first-order valence-corrected chi connectivity index (χ1v) is 10.2. The molecule has 150 valence electrons. The van der Waals surface area contributed by atoms with Gasteiger partial charge in [-0.2, -0.15) is 13.2 Å². The molecule has 0 aromatic heterocycles. The summed E-state index contributed by atoms with van der Waals surface area (Å²) in [5, 5.41) is 0. The Morgan fingerprint density at radius 1 is 1.07 bits per heavy atom. The average molecular weight is 382 g/mol. The lowest BCUT2D eigenvalue weighted by Crippen LogP contribution is -2.51. The van der Waals surface area contributed by atoms with E-state index in [4.69, 9.17) is 4.74 Å². The minimum Gasteiger partial charge on any atom is -0.462 e. The van der Waals surface area contributed by atoms with Gasteiger partial charge in [0.15, 0.2) is 0 Å². The van der Waals surface area contributed by atoms with Crippen LogP contribution in [0, 0.1) is 28.6 Å². The molecule has 4 aliphatic rings. The SMILES string of the molecule is CC(=O)OC1CC[C@@]2(C)C(=CC[C@@H]3[C@@H]2CC[C@]2(C)C(C(F)(F)F)=CC[C@@H]32)C1. The predicted octanol–water partition coefficient (Wildman–Crippen LogP) is 5.98. The third-order valence-electron chi connectivity index (χ3n) is 8.28. The monoisotopic (exact) mass is 382 g/mol. The number of rotatable bonds is 1. The Kier molecular flexibility index (Phi) is 4.32. The van der Waals surface area contributed by atoms with Gasteiger partial charge < -0.3 is 4.74 Å². The first-order chi connectivity index (χ1) is 12.6. The molecule has 0 N–H and O–H groups in total. The van der Waals surface area contributed by atoms with Gasteiger partial charge in [0.2, 0.25) is 0 Å². The van der Waals surface area contributed by atoms with Gasteiger partial charge in [0.1, 0.15) is 6.10 Å². The molecule has 0 amide bonds. The van der Waals surface area contributed by atoms with Crippen molar-refractivity contribution >= 4 is 5.97 Å². The molecule has 2 saturated carbocycles. The zero-order valence-corrected chi connectivity index (χ0v) is 16.4. The Labute approximate surface area is 159 Å². The quantitative estimate of drug-likeness (QED) is 0.412. The van der Waals surface area contributed by atoms with E-state index < -0.39 is 11.6 Å². The summed E-state index contributed by atoms with van der Waals surface area (Å²) in [6, 6.07) is 0. The number of carbonyl (C=O) groups is 1. The number of ether oxygens (including phenoxy) is 1. The molecule has 4 rings (SSSR count). The van der Waals surface area contributed by atoms with Crippen LogP contribution in [0.25, 0.3) is 0 Å². The molecule has 2 nitrogen and oxygen atoms in total. The van der Waals surface area contributed by atoms with Gasteiger partial charge in [0, 0.05) is 24.3 Å². The summed E-state index contributed by atoms with van der Waals surface area (Å²) < 4.78 is 46.2. The second kappa shape index (κ2) is 6.12. The molecule has 6 atom stereocenters. The van der Waals surface area contributed by atoms with Gasteiger partial charge in [0.25, 0.3) is 0 Å². The topological polar surface area (TPSA) is 26.3 Å². The fraction of sp³-hybridized carbons (Fsp3) is 0.773. The molecule has 0 aliphatic heterocycles. The molecule has 2 fully saturated rings. The van der Waals surface area contributed by atoms with Crippen molar-refractivity contribution in [3.05, 3.63) is 23.3 Å². The number of fused-ring (bicyclic) bond motifs is 5. The van der Waals surface area contributed by atoms with Crippen LogP contribution in [0.5, 0.6) is 0 Å². The van der Waals surface area contributed by atoms with Crippen molar-refractivity contribution in [2.24, 2.45) is 28.6 Å². The zero-order chi connectivity index (χ0) is 19.6. The molecule has 27 heavy (non-hydrogen) atoms. The molecule has 0 spiro atoms. The van der Waals surface area contributed by atoms with Crippen molar-refractivity contribution in [2.75, 3.05) is 0 Å². The van der Waals surface area contributed by atoms with Gasteiger partial charge in [-0.05, 0) is 61.7 Å². The van der Waals surface area contributed by atoms with E-state index in [-0.39, 0.29) is 29.0 Å². The first-order valence-electron chi connectivity index (χ1n) is 10.2. The van der Waals surface area contributed by atoms with Crippen LogP contribution < -0.4 is 0 Å². The lowest BCUT2D eigenvalue weighted by molar-refractivity contribution is -0.149. The van der Waals surface area contributed by atoms with E-state index in [0.717, 1.165) is 32.1 Å². The van der Waals surface area contributed by atoms with Gasteiger partial charge in [0.05, 0.1) is 0 Å². The maximum atomic E-state index is 13.6. The second-order valence-corrected chi connectivity index (χ2v) is 9.54. The minimum absolute atomic E-state index is 0.0435. The van der Waals surface area contributed by atoms with Crippen LogP contribution >= 0.6 is 0 Å². The summed E-state index contributed by atoms with van der Waals surface area (Å²) in [7, 11) is 0. The number of carbonyl (C=O) groups excluding carboxylic acids is 1. The highest BCUT2D eigenvalue weighted by atomic mass is 19.4. The Bertz CT molecular complexity index is 707. The largest absolute Gasteiger partial charge is 0.462 e. The number of halogens is 3. The molecule has 0 heterocycles. The lowest BCUT2D eigenvalue weighted by atomic mass is 9.47. The number of hydrogen-bond acceptors (Lipinski definition) is 2. The fourth-order valence-electron chi connectivity index (χ4n) is 6.97. The Balaban J connectivity index is 1.59. The zero-order valence-electron chi connectivity index (χ0n) is 16.4. The van der Waals surface area contributed by atoms with E-state index in [0.29, 0.717) is 24.7 Å². The second-order valence-electron chi connectivity index (χ2n) is 9.54. The maximum absolute atomic E-state index is 13.6. The highest BCUT2D eigenvalue weighted by molar-refractivity contribution is 5.66. The summed E-state index contributed by atoms with van der Waals surface area (Å²) in [6.07, 6.45) is 5.00. The van der Waals surface area contributed by atoms with E-state index in [1.165, 1.54) is 18.6 Å². The van der Waals surface area contributed by atoms with Gasteiger partial charge in [-0.1, -0.05) is 31.6 Å². The number of esters is 1. The van der Waals surface area contributed by atoms with E-state index in [9.17, 15) is 18.0 Å². The van der Waals surface area contributed by atoms with Crippen LogP contribution in [0.4, 0.5) is 13.2 Å². The van der Waals surface area contributed by atoms with Crippen LogP contribution in [0.1, 0.15) is 65.7 Å². The van der Waals surface area contributed by atoms with Gasteiger partial charge in [-0.25, -0.2) is 0 Å². The summed E-state index contributed by atoms with van der Waals surface area (Å²) >= 11 is 0. The Morgan fingerprint density at radius 2 is 1.78 bits per heavy atom. The van der Waals surface area contributed by atoms with Gasteiger partial charge in [-0.15, -0.1) is 0 Å². The fourth-order valence-corrected chi connectivity index (χ4v) is 6.97. The van der Waals surface area contributed by atoms with E-state index >= 15 is 0 Å². The van der Waals surface area contributed by atoms with Crippen molar-refractivity contribution < 1.29 is 22.7 Å². The predicted molar refractivity (Wildman–Crippen MR) is 96.8 cm³/mol. The molecule has 0 radical (unpaired) electrons. The van der Waals surface area contributed by atoms with Gasteiger partial charge >= 0.3 is 12.1 Å². The Morgan fingerprint density at radius 3 is 2.44 bits per heavy atom. The summed E-state index contributed by atoms with van der Waals surface area (Å²) in [5.74, 6) is 0.616. The number of hydrogen-bond donors (Lipinski definition) is 0. The van der Waals surface area contributed by atoms with Crippen LogP contribution in [0.15, 0.2) is 23.3 Å². The van der Waals surface area contributed by atoms with Crippen molar-refractivity contribution in [3.63, 3.8) is 0 Å². The lowest BCUT2D eigenvalue weighted by Gasteiger charge is -2.57. The number of alkyl halides is 3. The maximum Gasteiger partial charge on any atom is 0.412 e. The summed E-state index contributed by atoms with van der Waals surface area (Å²) in [4.78, 5) is 11.3. The summed E-state index contributed by atoms with van der Waals surface area (Å²) in [5.41, 5.74) is 0.404. The smallest absolute Gasteiger partial charge is 0.412 e. The molecule has 0 aromatic rings. The molecule has 0 saturated heterocycles. The summed E-state index contributed by atoms with van der Waals surface area (Å²) in [6.45, 7) is 5.60. The van der Waals surface area contributed by atoms with E-state index in [1.54, 1.807) is 0 Å². The molecule has 1 unspecified atom stereocenters. The molecular formula is C22H29F3O2. The van der Waals surface area contributed by atoms with Crippen LogP contribution in [-0.2, 0) is 9.53 Å². The first kappa shape index (κ1) is 19.1. The Hall–Kier alpha value is -1.26. The van der Waals surface area contributed by atoms with Crippen molar-refractivity contribution in [2.45, 2.75) is 78.0 Å². The average Bonchev–Trinajstić information content (AvgIpc) is 2.92. The minimum atomic E-state index is -4.21.